The molecule has 19 heavy (non-hydrogen) atoms. The summed E-state index contributed by atoms with van der Waals surface area (Å²) in [7, 11) is 1.65. The minimum absolute atomic E-state index is 0.140. The Kier molecular flexibility index (Phi) is 3.85. The molecule has 0 radical (unpaired) electrons. The van der Waals surface area contributed by atoms with Gasteiger partial charge in [0.2, 0.25) is 5.91 Å². The lowest BCUT2D eigenvalue weighted by Gasteiger charge is -2.43. The molecule has 5 nitrogen and oxygen atoms in total. The molecule has 1 N–H and O–H groups in total. The number of methoxy groups -OCH3 is 1. The highest BCUT2D eigenvalue weighted by Crippen LogP contribution is 2.47. The summed E-state index contributed by atoms with van der Waals surface area (Å²) in [5.74, 6) is -0.664. The predicted octanol–water partition coefficient (Wildman–Crippen LogP) is 1.52. The van der Waals surface area contributed by atoms with Crippen LogP contribution in [0.5, 0.6) is 0 Å². The number of ether oxygens (including phenoxy) is 1. The van der Waals surface area contributed by atoms with Crippen LogP contribution in [0.25, 0.3) is 0 Å². The fourth-order valence-corrected chi connectivity index (χ4v) is 3.12. The van der Waals surface area contributed by atoms with Crippen molar-refractivity contribution in [2.24, 2.45) is 10.8 Å². The Balaban J connectivity index is 2.02. The number of carboxylic acid groups (broad SMARTS) is 1. The van der Waals surface area contributed by atoms with Crippen LogP contribution >= 0.6 is 0 Å². The molecular formula is C14H23NO4. The Labute approximate surface area is 113 Å². The monoisotopic (exact) mass is 269 g/mol. The number of carbonyl (C=O) groups excluding carboxylic acids is 1. The van der Waals surface area contributed by atoms with Crippen LogP contribution in [0.1, 0.15) is 39.0 Å². The number of aliphatic carboxylic acids is 1. The van der Waals surface area contributed by atoms with Crippen molar-refractivity contribution in [1.82, 2.24) is 4.90 Å². The molecule has 1 atom stereocenters. The standard InChI is InChI=1S/C14H23NO4/c1-13(12(17)18)6-8-15(10-13)11(16)14(4-3-5-14)7-9-19-2/h3-10H2,1-2H3,(H,17,18)/t13-/m0/s1. The van der Waals surface area contributed by atoms with E-state index in [0.29, 0.717) is 26.1 Å². The smallest absolute Gasteiger partial charge is 0.311 e. The Morgan fingerprint density at radius 3 is 2.42 bits per heavy atom. The first kappa shape index (κ1) is 14.3. The molecule has 108 valence electrons. The van der Waals surface area contributed by atoms with Crippen LogP contribution < -0.4 is 0 Å². The molecule has 1 amide bonds. The largest absolute Gasteiger partial charge is 0.481 e. The zero-order valence-corrected chi connectivity index (χ0v) is 11.8. The number of hydrogen-bond acceptors (Lipinski definition) is 3. The number of carbonyl (C=O) groups is 2. The van der Waals surface area contributed by atoms with Crippen LogP contribution in [-0.4, -0.2) is 48.7 Å². The average Bonchev–Trinajstić information content (AvgIpc) is 2.72. The second-order valence-corrected chi connectivity index (χ2v) is 6.22. The Hall–Kier alpha value is -1.10. The molecule has 0 bridgehead atoms. The fourth-order valence-electron chi connectivity index (χ4n) is 3.12. The average molecular weight is 269 g/mol. The predicted molar refractivity (Wildman–Crippen MR) is 69.7 cm³/mol. The summed E-state index contributed by atoms with van der Waals surface area (Å²) >= 11 is 0. The number of amides is 1. The fraction of sp³-hybridized carbons (Fsp3) is 0.857. The first-order chi connectivity index (χ1) is 8.93. The summed E-state index contributed by atoms with van der Waals surface area (Å²) in [6.07, 6.45) is 4.21. The molecular weight excluding hydrogens is 246 g/mol. The second kappa shape index (κ2) is 5.12. The number of hydrogen-bond donors (Lipinski definition) is 1. The van der Waals surface area contributed by atoms with Gasteiger partial charge in [-0.3, -0.25) is 9.59 Å². The van der Waals surface area contributed by atoms with Crippen molar-refractivity contribution in [3.8, 4) is 0 Å². The number of carboxylic acids is 1. The Bertz CT molecular complexity index is 378. The minimum atomic E-state index is -0.803. The van der Waals surface area contributed by atoms with E-state index in [1.54, 1.807) is 18.9 Å². The molecule has 0 spiro atoms. The summed E-state index contributed by atoms with van der Waals surface area (Å²) in [6, 6.07) is 0. The van der Waals surface area contributed by atoms with Crippen molar-refractivity contribution in [1.29, 1.82) is 0 Å². The van der Waals surface area contributed by atoms with Gasteiger partial charge in [0, 0.05) is 26.8 Å². The molecule has 2 rings (SSSR count). The topological polar surface area (TPSA) is 66.8 Å². The highest BCUT2D eigenvalue weighted by Gasteiger charge is 2.50. The molecule has 2 fully saturated rings. The lowest BCUT2D eigenvalue weighted by atomic mass is 9.66. The molecule has 0 aromatic rings. The van der Waals surface area contributed by atoms with Crippen LogP contribution in [0, 0.1) is 10.8 Å². The quantitative estimate of drug-likeness (QED) is 0.821. The van der Waals surface area contributed by atoms with E-state index in [-0.39, 0.29) is 11.3 Å². The SMILES string of the molecule is COCCC1(C(=O)N2CC[C@](C)(C(=O)O)C2)CCC1. The first-order valence-electron chi connectivity index (χ1n) is 6.95. The zero-order valence-electron chi connectivity index (χ0n) is 11.8. The van der Waals surface area contributed by atoms with Gasteiger partial charge in [0.15, 0.2) is 0 Å². The van der Waals surface area contributed by atoms with Crippen molar-refractivity contribution in [3.05, 3.63) is 0 Å². The van der Waals surface area contributed by atoms with Gasteiger partial charge in [-0.2, -0.15) is 0 Å². The van der Waals surface area contributed by atoms with E-state index >= 15 is 0 Å². The first-order valence-corrected chi connectivity index (χ1v) is 6.95. The third-order valence-corrected chi connectivity index (χ3v) is 4.83. The summed E-state index contributed by atoms with van der Waals surface area (Å²) in [5, 5.41) is 9.23. The van der Waals surface area contributed by atoms with E-state index in [1.807, 2.05) is 0 Å². The van der Waals surface area contributed by atoms with Gasteiger partial charge in [-0.25, -0.2) is 0 Å². The molecule has 0 unspecified atom stereocenters. The molecule has 5 heteroatoms. The van der Waals surface area contributed by atoms with Gasteiger partial charge >= 0.3 is 5.97 Å². The maximum atomic E-state index is 12.6. The highest BCUT2D eigenvalue weighted by molar-refractivity contribution is 5.85. The van der Waals surface area contributed by atoms with E-state index in [4.69, 9.17) is 4.74 Å². The van der Waals surface area contributed by atoms with Gasteiger partial charge in [0.1, 0.15) is 0 Å². The van der Waals surface area contributed by atoms with Crippen LogP contribution in [0.15, 0.2) is 0 Å². The Morgan fingerprint density at radius 1 is 1.32 bits per heavy atom. The van der Waals surface area contributed by atoms with Gasteiger partial charge in [0.05, 0.1) is 10.8 Å². The zero-order chi connectivity index (χ0) is 14.1. The maximum absolute atomic E-state index is 12.6. The summed E-state index contributed by atoms with van der Waals surface area (Å²) < 4.78 is 5.10. The summed E-state index contributed by atoms with van der Waals surface area (Å²) in [4.78, 5) is 25.6. The van der Waals surface area contributed by atoms with E-state index in [0.717, 1.165) is 25.7 Å². The molecule has 1 aliphatic carbocycles. The van der Waals surface area contributed by atoms with Crippen LogP contribution in [0.4, 0.5) is 0 Å². The van der Waals surface area contributed by atoms with E-state index in [9.17, 15) is 14.7 Å². The number of likely N-dealkylation sites (tertiary alicyclic amines) is 1. The minimum Gasteiger partial charge on any atom is -0.481 e. The molecule has 2 aliphatic rings. The van der Waals surface area contributed by atoms with Gasteiger partial charge < -0.3 is 14.7 Å². The molecule has 1 heterocycles. The molecule has 1 saturated carbocycles. The Morgan fingerprint density at radius 2 is 2.00 bits per heavy atom. The van der Waals surface area contributed by atoms with Crippen molar-refractivity contribution in [3.63, 3.8) is 0 Å². The third-order valence-electron chi connectivity index (χ3n) is 4.83. The molecule has 1 aliphatic heterocycles. The van der Waals surface area contributed by atoms with E-state index < -0.39 is 11.4 Å². The van der Waals surface area contributed by atoms with Gasteiger partial charge in [-0.05, 0) is 32.6 Å². The highest BCUT2D eigenvalue weighted by atomic mass is 16.5. The maximum Gasteiger partial charge on any atom is 0.311 e. The summed E-state index contributed by atoms with van der Waals surface area (Å²) in [6.45, 7) is 3.23. The van der Waals surface area contributed by atoms with Gasteiger partial charge in [0.25, 0.3) is 0 Å². The number of rotatable bonds is 5. The van der Waals surface area contributed by atoms with Crippen LogP contribution in [0.3, 0.4) is 0 Å². The normalized spacial score (nSPS) is 29.1. The third kappa shape index (κ3) is 2.48. The van der Waals surface area contributed by atoms with Crippen molar-refractivity contribution in [2.75, 3.05) is 26.8 Å². The second-order valence-electron chi connectivity index (χ2n) is 6.22. The van der Waals surface area contributed by atoms with Crippen molar-refractivity contribution in [2.45, 2.75) is 39.0 Å². The van der Waals surface area contributed by atoms with Crippen molar-refractivity contribution >= 4 is 11.9 Å². The lowest BCUT2D eigenvalue weighted by Crippen LogP contribution is -2.48. The van der Waals surface area contributed by atoms with E-state index in [1.165, 1.54) is 0 Å². The lowest BCUT2D eigenvalue weighted by molar-refractivity contribution is -0.151. The summed E-state index contributed by atoms with van der Waals surface area (Å²) in [5.41, 5.74) is -1.05. The number of nitrogens with zero attached hydrogens (tertiary/aromatic N) is 1. The van der Waals surface area contributed by atoms with Gasteiger partial charge in [-0.15, -0.1) is 0 Å². The van der Waals surface area contributed by atoms with Crippen LogP contribution in [0.2, 0.25) is 0 Å². The molecule has 0 aromatic carbocycles. The van der Waals surface area contributed by atoms with E-state index in [2.05, 4.69) is 0 Å². The van der Waals surface area contributed by atoms with Crippen molar-refractivity contribution < 1.29 is 19.4 Å². The van der Waals surface area contributed by atoms with Gasteiger partial charge in [-0.1, -0.05) is 6.42 Å². The van der Waals surface area contributed by atoms with Crippen LogP contribution in [-0.2, 0) is 14.3 Å². The molecule has 1 saturated heterocycles. The molecule has 0 aromatic heterocycles.